The van der Waals surface area contributed by atoms with Gasteiger partial charge in [0.05, 0.1) is 7.11 Å². The van der Waals surface area contributed by atoms with Gasteiger partial charge in [-0.05, 0) is 30.5 Å². The molecule has 0 radical (unpaired) electrons. The van der Waals surface area contributed by atoms with Crippen molar-refractivity contribution in [2.24, 2.45) is 0 Å². The Morgan fingerprint density at radius 1 is 1.19 bits per heavy atom. The fraction of sp³-hybridized carbons (Fsp3) is 0.538. The molecule has 0 aromatic heterocycles. The van der Waals surface area contributed by atoms with Crippen molar-refractivity contribution in [3.63, 3.8) is 0 Å². The fourth-order valence-electron chi connectivity index (χ4n) is 2.34. The third-order valence-corrected chi connectivity index (χ3v) is 3.28. The molecule has 1 aromatic rings. The maximum atomic E-state index is 13.7. The zero-order chi connectivity index (χ0) is 11.6. The maximum Gasteiger partial charge on any atom is 0.254 e. The van der Waals surface area contributed by atoms with E-state index >= 15 is 0 Å². The van der Waals surface area contributed by atoms with Gasteiger partial charge in [0.2, 0.25) is 0 Å². The number of benzene rings is 1. The molecule has 0 aliphatic heterocycles. The standard InChI is InChI=1S/C13H16F2O/c1-16-11-7-5-10(6-8-11)12-4-2-3-9-13(12,14)15/h5-8,12H,2-4,9H2,1H3. The van der Waals surface area contributed by atoms with Crippen LogP contribution in [-0.4, -0.2) is 13.0 Å². The molecule has 1 fully saturated rings. The Balaban J connectivity index is 2.21. The summed E-state index contributed by atoms with van der Waals surface area (Å²) in [5.74, 6) is -2.46. The minimum absolute atomic E-state index is 0.0176. The number of halogens is 2. The van der Waals surface area contributed by atoms with Gasteiger partial charge in [-0.2, -0.15) is 0 Å². The third kappa shape index (κ3) is 2.18. The lowest BCUT2D eigenvalue weighted by Gasteiger charge is -2.31. The first-order valence-electron chi connectivity index (χ1n) is 5.65. The van der Waals surface area contributed by atoms with Crippen LogP contribution in [0.25, 0.3) is 0 Å². The average Bonchev–Trinajstić information content (AvgIpc) is 2.29. The number of hydrogen-bond donors (Lipinski definition) is 0. The maximum absolute atomic E-state index is 13.7. The van der Waals surface area contributed by atoms with Crippen molar-refractivity contribution >= 4 is 0 Å². The van der Waals surface area contributed by atoms with Crippen molar-refractivity contribution in [2.75, 3.05) is 7.11 Å². The van der Waals surface area contributed by atoms with Gasteiger partial charge in [0.1, 0.15) is 5.75 Å². The summed E-state index contributed by atoms with van der Waals surface area (Å²) in [6.07, 6.45) is 2.13. The molecule has 1 aliphatic rings. The molecular weight excluding hydrogens is 210 g/mol. The number of methoxy groups -OCH3 is 1. The molecule has 1 unspecified atom stereocenters. The number of alkyl halides is 2. The lowest BCUT2D eigenvalue weighted by Crippen LogP contribution is -2.29. The fourth-order valence-corrected chi connectivity index (χ4v) is 2.34. The van der Waals surface area contributed by atoms with E-state index in [1.807, 2.05) is 0 Å². The van der Waals surface area contributed by atoms with E-state index < -0.39 is 11.8 Å². The van der Waals surface area contributed by atoms with Crippen LogP contribution in [0, 0.1) is 0 Å². The zero-order valence-electron chi connectivity index (χ0n) is 9.38. The predicted molar refractivity (Wildman–Crippen MR) is 59.2 cm³/mol. The Morgan fingerprint density at radius 2 is 1.88 bits per heavy atom. The molecule has 0 saturated heterocycles. The number of rotatable bonds is 2. The quantitative estimate of drug-likeness (QED) is 0.741. The van der Waals surface area contributed by atoms with Crippen molar-refractivity contribution in [3.05, 3.63) is 29.8 Å². The summed E-state index contributed by atoms with van der Waals surface area (Å²) in [5.41, 5.74) is 0.727. The molecule has 1 atom stereocenters. The van der Waals surface area contributed by atoms with Gasteiger partial charge in [0.25, 0.3) is 5.92 Å². The van der Waals surface area contributed by atoms with Crippen LogP contribution in [0.15, 0.2) is 24.3 Å². The van der Waals surface area contributed by atoms with Crippen LogP contribution in [0.4, 0.5) is 8.78 Å². The van der Waals surface area contributed by atoms with Crippen molar-refractivity contribution < 1.29 is 13.5 Å². The molecule has 0 amide bonds. The van der Waals surface area contributed by atoms with E-state index in [9.17, 15) is 8.78 Å². The molecular formula is C13H16F2O. The number of ether oxygens (including phenoxy) is 1. The molecule has 1 aliphatic carbocycles. The van der Waals surface area contributed by atoms with Crippen molar-refractivity contribution in [3.8, 4) is 5.75 Å². The molecule has 0 spiro atoms. The van der Waals surface area contributed by atoms with Crippen molar-refractivity contribution in [1.82, 2.24) is 0 Å². The zero-order valence-corrected chi connectivity index (χ0v) is 9.38. The summed E-state index contributed by atoms with van der Waals surface area (Å²) < 4.78 is 32.4. The Bertz CT molecular complexity index is 345. The van der Waals surface area contributed by atoms with Gasteiger partial charge in [-0.1, -0.05) is 18.6 Å². The minimum atomic E-state index is -2.55. The molecule has 1 nitrogen and oxygen atoms in total. The van der Waals surface area contributed by atoms with Crippen LogP contribution < -0.4 is 4.74 Å². The van der Waals surface area contributed by atoms with Crippen molar-refractivity contribution in [2.45, 2.75) is 37.5 Å². The Kier molecular flexibility index (Phi) is 3.13. The van der Waals surface area contributed by atoms with Crippen LogP contribution in [0.2, 0.25) is 0 Å². The van der Waals surface area contributed by atoms with E-state index in [2.05, 4.69) is 0 Å². The van der Waals surface area contributed by atoms with Gasteiger partial charge < -0.3 is 4.74 Å². The molecule has 16 heavy (non-hydrogen) atoms. The second kappa shape index (κ2) is 4.40. The molecule has 3 heteroatoms. The topological polar surface area (TPSA) is 9.23 Å². The predicted octanol–water partition coefficient (Wildman–Crippen LogP) is 3.99. The van der Waals surface area contributed by atoms with E-state index in [-0.39, 0.29) is 6.42 Å². The van der Waals surface area contributed by atoms with E-state index in [1.54, 1.807) is 31.4 Å². The highest BCUT2D eigenvalue weighted by molar-refractivity contribution is 5.30. The first-order chi connectivity index (χ1) is 7.63. The van der Waals surface area contributed by atoms with Crippen LogP contribution in [0.1, 0.15) is 37.2 Å². The SMILES string of the molecule is COc1ccc(C2CCCCC2(F)F)cc1. The van der Waals surface area contributed by atoms with Crippen LogP contribution >= 0.6 is 0 Å². The van der Waals surface area contributed by atoms with E-state index in [4.69, 9.17) is 4.74 Å². The van der Waals surface area contributed by atoms with Gasteiger partial charge in [-0.25, -0.2) is 8.78 Å². The molecule has 0 heterocycles. The van der Waals surface area contributed by atoms with Crippen molar-refractivity contribution in [1.29, 1.82) is 0 Å². The van der Waals surface area contributed by atoms with Crippen LogP contribution in [0.3, 0.4) is 0 Å². The molecule has 1 saturated carbocycles. The summed E-state index contributed by atoms with van der Waals surface area (Å²) in [6, 6.07) is 7.01. The third-order valence-electron chi connectivity index (χ3n) is 3.28. The minimum Gasteiger partial charge on any atom is -0.497 e. The Hall–Kier alpha value is -1.12. The van der Waals surface area contributed by atoms with Gasteiger partial charge in [-0.3, -0.25) is 0 Å². The normalized spacial score (nSPS) is 24.1. The average molecular weight is 226 g/mol. The van der Waals surface area contributed by atoms with Gasteiger partial charge >= 0.3 is 0 Å². The highest BCUT2D eigenvalue weighted by Crippen LogP contribution is 2.44. The van der Waals surface area contributed by atoms with Crippen LogP contribution in [0.5, 0.6) is 5.75 Å². The lowest BCUT2D eigenvalue weighted by atomic mass is 9.81. The second-order valence-corrected chi connectivity index (χ2v) is 4.33. The van der Waals surface area contributed by atoms with Gasteiger partial charge in [0.15, 0.2) is 0 Å². The summed E-state index contributed by atoms with van der Waals surface area (Å²) in [6.45, 7) is 0. The summed E-state index contributed by atoms with van der Waals surface area (Å²) in [4.78, 5) is 0. The molecule has 2 rings (SSSR count). The van der Waals surface area contributed by atoms with E-state index in [0.717, 1.165) is 12.0 Å². The highest BCUT2D eigenvalue weighted by atomic mass is 19.3. The van der Waals surface area contributed by atoms with E-state index in [1.165, 1.54) is 0 Å². The summed E-state index contributed by atoms with van der Waals surface area (Å²) in [7, 11) is 1.57. The largest absolute Gasteiger partial charge is 0.497 e. The van der Waals surface area contributed by atoms with Crippen LogP contribution in [-0.2, 0) is 0 Å². The first kappa shape index (κ1) is 11.4. The number of hydrogen-bond acceptors (Lipinski definition) is 1. The molecule has 88 valence electrons. The molecule has 0 N–H and O–H groups in total. The van der Waals surface area contributed by atoms with Gasteiger partial charge in [0, 0.05) is 12.3 Å². The second-order valence-electron chi connectivity index (χ2n) is 4.33. The van der Waals surface area contributed by atoms with Gasteiger partial charge in [-0.15, -0.1) is 0 Å². The summed E-state index contributed by atoms with van der Waals surface area (Å²) in [5, 5.41) is 0. The Labute approximate surface area is 94.4 Å². The lowest BCUT2D eigenvalue weighted by molar-refractivity contribution is -0.0547. The molecule has 0 bridgehead atoms. The summed E-state index contributed by atoms with van der Waals surface area (Å²) >= 11 is 0. The first-order valence-corrected chi connectivity index (χ1v) is 5.65. The smallest absolute Gasteiger partial charge is 0.254 e. The highest BCUT2D eigenvalue weighted by Gasteiger charge is 2.41. The Morgan fingerprint density at radius 3 is 2.44 bits per heavy atom. The molecule has 1 aromatic carbocycles. The van der Waals surface area contributed by atoms with E-state index in [0.29, 0.717) is 18.6 Å². The monoisotopic (exact) mass is 226 g/mol.